The molecule has 4 aromatic rings. The molecule has 3 nitrogen and oxygen atoms in total. The minimum atomic E-state index is 0.751. The first-order chi connectivity index (χ1) is 10.4. The van der Waals surface area contributed by atoms with E-state index in [1.165, 1.54) is 5.56 Å². The summed E-state index contributed by atoms with van der Waals surface area (Å²) in [6, 6.07) is 18.4. The van der Waals surface area contributed by atoms with Gasteiger partial charge < -0.3 is 8.98 Å². The summed E-state index contributed by atoms with van der Waals surface area (Å²) in [4.78, 5) is 4.12. The van der Waals surface area contributed by atoms with Crippen molar-refractivity contribution in [2.75, 3.05) is 0 Å². The molecular weight excluding hydrogens is 260 g/mol. The molecule has 2 aromatic carbocycles. The summed E-state index contributed by atoms with van der Waals surface area (Å²) in [6.07, 6.45) is 5.59. The predicted molar refractivity (Wildman–Crippen MR) is 83.0 cm³/mol. The van der Waals surface area contributed by atoms with Gasteiger partial charge in [0.05, 0.1) is 12.9 Å². The molecule has 4 rings (SSSR count). The molecule has 102 valence electrons. The molecule has 2 heterocycles. The van der Waals surface area contributed by atoms with Gasteiger partial charge in [0.25, 0.3) is 0 Å². The quantitative estimate of drug-likeness (QED) is 0.556. The summed E-state index contributed by atoms with van der Waals surface area (Å²) >= 11 is 0. The molecule has 0 aliphatic rings. The lowest BCUT2D eigenvalue weighted by atomic mass is 10.1. The van der Waals surface area contributed by atoms with E-state index in [0.717, 1.165) is 28.8 Å². The van der Waals surface area contributed by atoms with Crippen LogP contribution in [0.3, 0.4) is 0 Å². The standard InChI is InChI=1S/C18H14N2O/c1-2-6-14(7-3-1)18-16(12-20-11-10-19-13-20)15-8-4-5-9-17(15)21-18/h1-11,13H,12H2. The van der Waals surface area contributed by atoms with Crippen LogP contribution in [-0.2, 0) is 6.54 Å². The highest BCUT2D eigenvalue weighted by Gasteiger charge is 2.15. The topological polar surface area (TPSA) is 31.0 Å². The first kappa shape index (κ1) is 12.0. The van der Waals surface area contributed by atoms with Crippen LogP contribution in [0.25, 0.3) is 22.3 Å². The predicted octanol–water partition coefficient (Wildman–Crippen LogP) is 4.34. The maximum Gasteiger partial charge on any atom is 0.140 e. The average Bonchev–Trinajstić information content (AvgIpc) is 3.17. The summed E-state index contributed by atoms with van der Waals surface area (Å²) in [7, 11) is 0. The smallest absolute Gasteiger partial charge is 0.140 e. The molecule has 0 radical (unpaired) electrons. The molecular formula is C18H14N2O. The monoisotopic (exact) mass is 274 g/mol. The summed E-state index contributed by atoms with van der Waals surface area (Å²) in [5.74, 6) is 0.936. The average molecular weight is 274 g/mol. The van der Waals surface area contributed by atoms with Crippen LogP contribution in [0, 0.1) is 0 Å². The van der Waals surface area contributed by atoms with Crippen molar-refractivity contribution in [3.8, 4) is 11.3 Å². The number of fused-ring (bicyclic) bond motifs is 1. The van der Waals surface area contributed by atoms with Crippen molar-refractivity contribution in [3.63, 3.8) is 0 Å². The van der Waals surface area contributed by atoms with Gasteiger partial charge in [-0.05, 0) is 6.07 Å². The number of aromatic nitrogens is 2. The zero-order valence-electron chi connectivity index (χ0n) is 11.4. The number of nitrogens with zero attached hydrogens (tertiary/aromatic N) is 2. The normalized spacial score (nSPS) is 11.0. The molecule has 0 aliphatic heterocycles. The maximum atomic E-state index is 6.10. The Bertz CT molecular complexity index is 861. The van der Waals surface area contributed by atoms with Crippen molar-refractivity contribution < 1.29 is 4.42 Å². The van der Waals surface area contributed by atoms with Gasteiger partial charge >= 0.3 is 0 Å². The van der Waals surface area contributed by atoms with Crippen molar-refractivity contribution in [1.29, 1.82) is 0 Å². The first-order valence-electron chi connectivity index (χ1n) is 6.93. The molecule has 0 bridgehead atoms. The summed E-state index contributed by atoms with van der Waals surface area (Å²) in [5, 5.41) is 1.16. The number of rotatable bonds is 3. The van der Waals surface area contributed by atoms with Gasteiger partial charge in [-0.2, -0.15) is 0 Å². The third-order valence-electron chi connectivity index (χ3n) is 3.63. The van der Waals surface area contributed by atoms with Crippen LogP contribution in [0.4, 0.5) is 0 Å². The third-order valence-corrected chi connectivity index (χ3v) is 3.63. The highest BCUT2D eigenvalue weighted by Crippen LogP contribution is 2.33. The maximum absolute atomic E-state index is 6.10. The van der Waals surface area contributed by atoms with Gasteiger partial charge in [0.1, 0.15) is 11.3 Å². The summed E-state index contributed by atoms with van der Waals surface area (Å²) in [5.41, 5.74) is 3.21. The van der Waals surface area contributed by atoms with Crippen LogP contribution in [0.5, 0.6) is 0 Å². The second-order valence-electron chi connectivity index (χ2n) is 5.01. The summed E-state index contributed by atoms with van der Waals surface area (Å²) in [6.45, 7) is 0.751. The second-order valence-corrected chi connectivity index (χ2v) is 5.01. The van der Waals surface area contributed by atoms with E-state index >= 15 is 0 Å². The Kier molecular flexibility index (Phi) is 2.82. The molecule has 0 saturated carbocycles. The minimum absolute atomic E-state index is 0.751. The van der Waals surface area contributed by atoms with Crippen molar-refractivity contribution in [3.05, 3.63) is 78.9 Å². The molecule has 21 heavy (non-hydrogen) atoms. The second kappa shape index (κ2) is 4.94. The highest BCUT2D eigenvalue weighted by atomic mass is 16.3. The van der Waals surface area contributed by atoms with E-state index in [1.54, 1.807) is 6.20 Å². The van der Waals surface area contributed by atoms with E-state index in [0.29, 0.717) is 0 Å². The third kappa shape index (κ3) is 2.13. The molecule has 0 N–H and O–H groups in total. The van der Waals surface area contributed by atoms with Crippen LogP contribution in [0.15, 0.2) is 77.7 Å². The van der Waals surface area contributed by atoms with Crippen LogP contribution in [0.1, 0.15) is 5.56 Å². The molecule has 0 fully saturated rings. The minimum Gasteiger partial charge on any atom is -0.456 e. The number of furan rings is 1. The Morgan fingerprint density at radius 3 is 2.57 bits per heavy atom. The largest absolute Gasteiger partial charge is 0.456 e. The van der Waals surface area contributed by atoms with E-state index in [2.05, 4.69) is 27.8 Å². The lowest BCUT2D eigenvalue weighted by Crippen LogP contribution is -1.97. The molecule has 0 aliphatic carbocycles. The van der Waals surface area contributed by atoms with Gasteiger partial charge in [-0.25, -0.2) is 4.98 Å². The Balaban J connectivity index is 1.93. The fourth-order valence-corrected chi connectivity index (χ4v) is 2.64. The SMILES string of the molecule is c1ccc(-c2oc3ccccc3c2Cn2ccnc2)cc1. The van der Waals surface area contributed by atoms with Crippen molar-refractivity contribution in [2.24, 2.45) is 0 Å². The number of imidazole rings is 1. The molecule has 0 unspecified atom stereocenters. The number of hydrogen-bond donors (Lipinski definition) is 0. The van der Waals surface area contributed by atoms with Crippen LogP contribution in [0.2, 0.25) is 0 Å². The molecule has 2 aromatic heterocycles. The van der Waals surface area contributed by atoms with Gasteiger partial charge in [0.2, 0.25) is 0 Å². The zero-order valence-corrected chi connectivity index (χ0v) is 11.4. The van der Waals surface area contributed by atoms with Crippen LogP contribution >= 0.6 is 0 Å². The molecule has 3 heteroatoms. The Morgan fingerprint density at radius 1 is 0.952 bits per heavy atom. The molecule has 0 saturated heterocycles. The van der Waals surface area contributed by atoms with Gasteiger partial charge in [-0.1, -0.05) is 48.5 Å². The molecule has 0 atom stereocenters. The molecule has 0 spiro atoms. The van der Waals surface area contributed by atoms with Gasteiger partial charge in [0.15, 0.2) is 0 Å². The van der Waals surface area contributed by atoms with E-state index in [4.69, 9.17) is 4.42 Å². The van der Waals surface area contributed by atoms with Crippen molar-refractivity contribution in [2.45, 2.75) is 6.54 Å². The number of hydrogen-bond acceptors (Lipinski definition) is 2. The zero-order chi connectivity index (χ0) is 14.1. The van der Waals surface area contributed by atoms with Crippen molar-refractivity contribution in [1.82, 2.24) is 9.55 Å². The van der Waals surface area contributed by atoms with Crippen LogP contribution in [-0.4, -0.2) is 9.55 Å². The number of benzene rings is 2. The highest BCUT2D eigenvalue weighted by molar-refractivity contribution is 5.87. The fourth-order valence-electron chi connectivity index (χ4n) is 2.64. The van der Waals surface area contributed by atoms with E-state index in [1.807, 2.05) is 48.9 Å². The summed E-state index contributed by atoms with van der Waals surface area (Å²) < 4.78 is 8.16. The fraction of sp³-hybridized carbons (Fsp3) is 0.0556. The molecule has 0 amide bonds. The van der Waals surface area contributed by atoms with Gasteiger partial charge in [0, 0.05) is 28.9 Å². The Labute approximate surface area is 122 Å². The van der Waals surface area contributed by atoms with Gasteiger partial charge in [-0.3, -0.25) is 0 Å². The van der Waals surface area contributed by atoms with E-state index < -0.39 is 0 Å². The first-order valence-corrected chi connectivity index (χ1v) is 6.93. The Morgan fingerprint density at radius 2 is 1.76 bits per heavy atom. The van der Waals surface area contributed by atoms with E-state index in [-0.39, 0.29) is 0 Å². The lowest BCUT2D eigenvalue weighted by molar-refractivity contribution is 0.623. The lowest BCUT2D eigenvalue weighted by Gasteiger charge is -2.04. The van der Waals surface area contributed by atoms with E-state index in [9.17, 15) is 0 Å². The number of para-hydroxylation sites is 1. The van der Waals surface area contributed by atoms with Gasteiger partial charge in [-0.15, -0.1) is 0 Å². The Hall–Kier alpha value is -2.81. The van der Waals surface area contributed by atoms with Crippen molar-refractivity contribution >= 4 is 11.0 Å². The van der Waals surface area contributed by atoms with Crippen LogP contribution < -0.4 is 0 Å².